The number of benzene rings is 4. The van der Waals surface area contributed by atoms with Crippen molar-refractivity contribution in [2.24, 2.45) is 0 Å². The smallest absolute Gasteiger partial charge is 0.162 e. The van der Waals surface area contributed by atoms with E-state index in [0.717, 1.165) is 39.5 Å². The summed E-state index contributed by atoms with van der Waals surface area (Å²) in [6, 6.07) is 39.5. The van der Waals surface area contributed by atoms with Crippen LogP contribution in [-0.4, -0.2) is 14.5 Å². The van der Waals surface area contributed by atoms with Crippen molar-refractivity contribution in [1.82, 2.24) is 14.5 Å². The average Bonchev–Trinajstić information content (AvgIpc) is 3.19. The first-order chi connectivity index (χ1) is 15.4. The highest BCUT2D eigenvalue weighted by molar-refractivity contribution is 6.09. The molecule has 3 heteroatoms. The molecule has 2 aromatic heterocycles. The number of fused-ring (bicyclic) bond motifs is 3. The van der Waals surface area contributed by atoms with E-state index >= 15 is 0 Å². The van der Waals surface area contributed by atoms with Crippen LogP contribution in [0.25, 0.3) is 50.3 Å². The molecule has 3 nitrogen and oxygen atoms in total. The second-order valence-electron chi connectivity index (χ2n) is 7.54. The van der Waals surface area contributed by atoms with E-state index in [-0.39, 0.29) is 0 Å². The van der Waals surface area contributed by atoms with Crippen molar-refractivity contribution in [3.05, 3.63) is 115 Å². The van der Waals surface area contributed by atoms with Crippen LogP contribution in [0.15, 0.2) is 115 Å². The van der Waals surface area contributed by atoms with Crippen LogP contribution in [0.1, 0.15) is 0 Å². The minimum atomic E-state index is 0.721. The Morgan fingerprint density at radius 1 is 0.484 bits per heavy atom. The Morgan fingerprint density at radius 2 is 1.00 bits per heavy atom. The lowest BCUT2D eigenvalue weighted by Crippen LogP contribution is -2.02. The maximum absolute atomic E-state index is 5.02. The van der Waals surface area contributed by atoms with Crippen molar-refractivity contribution in [2.75, 3.05) is 0 Å². The Bertz CT molecular complexity index is 1410. The fraction of sp³-hybridized carbons (Fsp3) is 0. The van der Waals surface area contributed by atoms with Crippen molar-refractivity contribution >= 4 is 21.8 Å². The van der Waals surface area contributed by atoms with E-state index in [9.17, 15) is 0 Å². The molecular formula is C28H19N3. The van der Waals surface area contributed by atoms with Gasteiger partial charge < -0.3 is 0 Å². The zero-order valence-corrected chi connectivity index (χ0v) is 16.8. The molecule has 0 aliphatic rings. The Kier molecular flexibility index (Phi) is 4.10. The third-order valence-electron chi connectivity index (χ3n) is 5.62. The van der Waals surface area contributed by atoms with Crippen LogP contribution in [0.5, 0.6) is 0 Å². The molecule has 6 rings (SSSR count). The number of hydrogen-bond donors (Lipinski definition) is 0. The molecule has 0 N–H and O–H groups in total. The van der Waals surface area contributed by atoms with Crippen LogP contribution in [0.3, 0.4) is 0 Å². The summed E-state index contributed by atoms with van der Waals surface area (Å²) in [5.41, 5.74) is 5.26. The van der Waals surface area contributed by atoms with Crippen molar-refractivity contribution < 1.29 is 0 Å². The number of para-hydroxylation sites is 2. The highest BCUT2D eigenvalue weighted by atomic mass is 15.1. The molecule has 0 unspecified atom stereocenters. The van der Waals surface area contributed by atoms with Gasteiger partial charge in [0.15, 0.2) is 5.82 Å². The number of nitrogens with zero attached hydrogens (tertiary/aromatic N) is 3. The van der Waals surface area contributed by atoms with Gasteiger partial charge in [0.25, 0.3) is 0 Å². The number of hydrogen-bond acceptors (Lipinski definition) is 2. The van der Waals surface area contributed by atoms with Crippen LogP contribution in [-0.2, 0) is 0 Å². The van der Waals surface area contributed by atoms with E-state index in [1.165, 1.54) is 10.8 Å². The van der Waals surface area contributed by atoms with Gasteiger partial charge in [0.2, 0.25) is 0 Å². The van der Waals surface area contributed by atoms with Gasteiger partial charge in [0.05, 0.1) is 16.7 Å². The normalized spacial score (nSPS) is 11.2. The third kappa shape index (κ3) is 2.99. The zero-order valence-electron chi connectivity index (χ0n) is 16.8. The standard InChI is InChI=1S/C28H19N3/c1-3-11-20(12-4-1)24-19-27(30-28(29-24)21-13-5-2-6-14-21)31-25-17-9-7-15-22(25)23-16-8-10-18-26(23)31/h1-19H. The summed E-state index contributed by atoms with van der Waals surface area (Å²) in [7, 11) is 0. The van der Waals surface area contributed by atoms with Gasteiger partial charge in [0, 0.05) is 28.0 Å². The van der Waals surface area contributed by atoms with E-state index in [1.807, 2.05) is 36.4 Å². The van der Waals surface area contributed by atoms with Gasteiger partial charge in [-0.05, 0) is 12.1 Å². The van der Waals surface area contributed by atoms with Crippen LogP contribution in [0.4, 0.5) is 0 Å². The molecule has 0 amide bonds. The topological polar surface area (TPSA) is 30.7 Å². The Balaban J connectivity index is 1.69. The summed E-state index contributed by atoms with van der Waals surface area (Å²) in [5.74, 6) is 1.59. The number of rotatable bonds is 3. The van der Waals surface area contributed by atoms with Crippen LogP contribution < -0.4 is 0 Å². The highest BCUT2D eigenvalue weighted by Crippen LogP contribution is 2.33. The first-order valence-corrected chi connectivity index (χ1v) is 10.4. The van der Waals surface area contributed by atoms with Crippen LogP contribution in [0, 0.1) is 0 Å². The molecule has 0 aliphatic carbocycles. The quantitative estimate of drug-likeness (QED) is 0.325. The summed E-state index contributed by atoms with van der Waals surface area (Å²) >= 11 is 0. The van der Waals surface area contributed by atoms with Crippen molar-refractivity contribution in [1.29, 1.82) is 0 Å². The van der Waals surface area contributed by atoms with Gasteiger partial charge in [-0.3, -0.25) is 4.57 Å². The fourth-order valence-electron chi connectivity index (χ4n) is 4.19. The van der Waals surface area contributed by atoms with E-state index in [4.69, 9.17) is 9.97 Å². The number of aromatic nitrogens is 3. The zero-order chi connectivity index (χ0) is 20.6. The summed E-state index contributed by atoms with van der Waals surface area (Å²) in [4.78, 5) is 9.94. The minimum Gasteiger partial charge on any atom is -0.294 e. The Hall–Kier alpha value is -4.24. The molecule has 0 saturated carbocycles. The first kappa shape index (κ1) is 17.6. The maximum atomic E-state index is 5.02. The first-order valence-electron chi connectivity index (χ1n) is 10.4. The van der Waals surface area contributed by atoms with Gasteiger partial charge in [0.1, 0.15) is 5.82 Å². The van der Waals surface area contributed by atoms with Crippen molar-refractivity contribution in [3.63, 3.8) is 0 Å². The highest BCUT2D eigenvalue weighted by Gasteiger charge is 2.15. The molecule has 31 heavy (non-hydrogen) atoms. The molecule has 0 radical (unpaired) electrons. The molecule has 2 heterocycles. The predicted molar refractivity (Wildman–Crippen MR) is 127 cm³/mol. The molecule has 6 aromatic rings. The minimum absolute atomic E-state index is 0.721. The molecule has 0 spiro atoms. The second kappa shape index (κ2) is 7.22. The largest absolute Gasteiger partial charge is 0.294 e. The lowest BCUT2D eigenvalue weighted by Gasteiger charge is -2.12. The molecule has 0 aliphatic heterocycles. The third-order valence-corrected chi connectivity index (χ3v) is 5.62. The van der Waals surface area contributed by atoms with E-state index in [0.29, 0.717) is 0 Å². The fourth-order valence-corrected chi connectivity index (χ4v) is 4.19. The van der Waals surface area contributed by atoms with Crippen LogP contribution in [0.2, 0.25) is 0 Å². The maximum Gasteiger partial charge on any atom is 0.162 e. The summed E-state index contributed by atoms with van der Waals surface area (Å²) in [6.07, 6.45) is 0. The lowest BCUT2D eigenvalue weighted by molar-refractivity contribution is 1.05. The molecular weight excluding hydrogens is 378 g/mol. The summed E-state index contributed by atoms with van der Waals surface area (Å²) < 4.78 is 2.24. The van der Waals surface area contributed by atoms with Crippen molar-refractivity contribution in [3.8, 4) is 28.5 Å². The van der Waals surface area contributed by atoms with Gasteiger partial charge >= 0.3 is 0 Å². The molecule has 4 aromatic carbocycles. The van der Waals surface area contributed by atoms with Gasteiger partial charge in [-0.1, -0.05) is 97.1 Å². The average molecular weight is 397 g/mol. The molecule has 0 atom stereocenters. The predicted octanol–water partition coefficient (Wildman–Crippen LogP) is 6.91. The van der Waals surface area contributed by atoms with Gasteiger partial charge in [-0.15, -0.1) is 0 Å². The van der Waals surface area contributed by atoms with Gasteiger partial charge in [-0.25, -0.2) is 9.97 Å². The summed E-state index contributed by atoms with van der Waals surface area (Å²) in [5, 5.41) is 2.44. The van der Waals surface area contributed by atoms with E-state index < -0.39 is 0 Å². The Labute approximate surface area is 180 Å². The molecule has 0 bridgehead atoms. The van der Waals surface area contributed by atoms with Crippen molar-refractivity contribution in [2.45, 2.75) is 0 Å². The second-order valence-corrected chi connectivity index (χ2v) is 7.54. The van der Waals surface area contributed by atoms with E-state index in [2.05, 4.69) is 83.4 Å². The summed E-state index contributed by atoms with van der Waals surface area (Å²) in [6.45, 7) is 0. The Morgan fingerprint density at radius 3 is 1.61 bits per heavy atom. The molecule has 0 saturated heterocycles. The molecule has 146 valence electrons. The van der Waals surface area contributed by atoms with Crippen LogP contribution >= 0.6 is 0 Å². The monoisotopic (exact) mass is 397 g/mol. The van der Waals surface area contributed by atoms with Gasteiger partial charge in [-0.2, -0.15) is 0 Å². The SMILES string of the molecule is c1ccc(-c2cc(-n3c4ccccc4c4ccccc43)nc(-c3ccccc3)n2)cc1. The van der Waals surface area contributed by atoms with E-state index in [1.54, 1.807) is 0 Å². The molecule has 0 fully saturated rings. The lowest BCUT2D eigenvalue weighted by atomic mass is 10.1.